The van der Waals surface area contributed by atoms with Crippen LogP contribution >= 0.6 is 0 Å². The Morgan fingerprint density at radius 2 is 1.81 bits per heavy atom. The van der Waals surface area contributed by atoms with Crippen LogP contribution in [0.2, 0.25) is 0 Å². The third-order valence-electron chi connectivity index (χ3n) is 4.80. The van der Waals surface area contributed by atoms with Crippen LogP contribution in [0.3, 0.4) is 0 Å². The van der Waals surface area contributed by atoms with E-state index in [4.69, 9.17) is 9.31 Å². The fourth-order valence-corrected chi connectivity index (χ4v) is 2.81. The summed E-state index contributed by atoms with van der Waals surface area (Å²) in [6, 6.07) is 6.01. The lowest BCUT2D eigenvalue weighted by Gasteiger charge is -2.32. The van der Waals surface area contributed by atoms with E-state index in [0.717, 1.165) is 23.0 Å². The van der Waals surface area contributed by atoms with E-state index in [2.05, 4.69) is 5.32 Å². The fraction of sp³-hybridized carbons (Fsp3) is 0.562. The van der Waals surface area contributed by atoms with Gasteiger partial charge in [0.25, 0.3) is 5.91 Å². The summed E-state index contributed by atoms with van der Waals surface area (Å²) in [7, 11) is -0.374. The topological polar surface area (TPSA) is 47.6 Å². The molecule has 1 atom stereocenters. The van der Waals surface area contributed by atoms with Gasteiger partial charge in [0, 0.05) is 11.6 Å². The zero-order chi connectivity index (χ0) is 15.4. The highest BCUT2D eigenvalue weighted by Gasteiger charge is 2.51. The summed E-state index contributed by atoms with van der Waals surface area (Å²) < 4.78 is 12.1. The fourth-order valence-electron chi connectivity index (χ4n) is 2.81. The van der Waals surface area contributed by atoms with Crippen molar-refractivity contribution in [1.29, 1.82) is 0 Å². The summed E-state index contributed by atoms with van der Waals surface area (Å²) in [4.78, 5) is 12.0. The minimum Gasteiger partial charge on any atom is -0.399 e. The van der Waals surface area contributed by atoms with Crippen LogP contribution in [-0.2, 0) is 15.7 Å². The van der Waals surface area contributed by atoms with E-state index in [-0.39, 0.29) is 30.3 Å². The Balaban J connectivity index is 1.92. The molecule has 1 aromatic carbocycles. The number of carbonyl (C=O) groups excluding carboxylic acids is 1. The second-order valence-corrected chi connectivity index (χ2v) is 7.08. The quantitative estimate of drug-likeness (QED) is 0.799. The first kappa shape index (κ1) is 14.6. The predicted octanol–water partition coefficient (Wildman–Crippen LogP) is 1.66. The Labute approximate surface area is 126 Å². The molecule has 1 aromatic rings. The molecule has 2 aliphatic rings. The lowest BCUT2D eigenvalue weighted by Crippen LogP contribution is -2.41. The van der Waals surface area contributed by atoms with Crippen molar-refractivity contribution in [2.45, 2.75) is 58.3 Å². The summed E-state index contributed by atoms with van der Waals surface area (Å²) in [6.45, 7) is 10.2. The minimum absolute atomic E-state index is 0.00391. The second-order valence-electron chi connectivity index (χ2n) is 7.08. The van der Waals surface area contributed by atoms with Gasteiger partial charge in [-0.05, 0) is 58.1 Å². The van der Waals surface area contributed by atoms with Crippen LogP contribution in [-0.4, -0.2) is 30.3 Å². The van der Waals surface area contributed by atoms with E-state index in [1.165, 1.54) is 0 Å². The molecule has 0 aliphatic carbocycles. The summed E-state index contributed by atoms with van der Waals surface area (Å²) >= 11 is 0. The van der Waals surface area contributed by atoms with Crippen LogP contribution in [0.5, 0.6) is 0 Å². The molecule has 1 unspecified atom stereocenters. The largest absolute Gasteiger partial charge is 0.494 e. The number of hydrogen-bond donors (Lipinski definition) is 1. The maximum Gasteiger partial charge on any atom is 0.494 e. The van der Waals surface area contributed by atoms with Gasteiger partial charge in [0.05, 0.1) is 11.2 Å². The molecule has 5 heteroatoms. The van der Waals surface area contributed by atoms with E-state index in [1.54, 1.807) is 0 Å². The molecule has 21 heavy (non-hydrogen) atoms. The van der Waals surface area contributed by atoms with Gasteiger partial charge in [-0.3, -0.25) is 4.79 Å². The van der Waals surface area contributed by atoms with Gasteiger partial charge in [0.15, 0.2) is 0 Å². The van der Waals surface area contributed by atoms with Crippen LogP contribution in [0.15, 0.2) is 18.2 Å². The van der Waals surface area contributed by atoms with Crippen LogP contribution in [0.1, 0.15) is 50.5 Å². The summed E-state index contributed by atoms with van der Waals surface area (Å²) in [5, 5.41) is 2.95. The molecule has 0 spiro atoms. The molecule has 112 valence electrons. The molecular formula is C16H22BNO3. The molecule has 1 fully saturated rings. The van der Waals surface area contributed by atoms with E-state index >= 15 is 0 Å². The van der Waals surface area contributed by atoms with Gasteiger partial charge in [-0.25, -0.2) is 0 Å². The average Bonchev–Trinajstić information content (AvgIpc) is 2.57. The SMILES string of the molecule is CC1Cc2cc(B3OC(C)(C)C(C)(C)O3)ccc2C(=O)N1. The number of carbonyl (C=O) groups is 1. The molecular weight excluding hydrogens is 265 g/mol. The van der Waals surface area contributed by atoms with E-state index in [0.29, 0.717) is 0 Å². The molecule has 3 rings (SSSR count). The van der Waals surface area contributed by atoms with Crippen molar-refractivity contribution >= 4 is 18.5 Å². The minimum atomic E-state index is -0.374. The van der Waals surface area contributed by atoms with Crippen LogP contribution in [0, 0.1) is 0 Å². The van der Waals surface area contributed by atoms with Gasteiger partial charge in [0.2, 0.25) is 0 Å². The number of benzene rings is 1. The van der Waals surface area contributed by atoms with Crippen molar-refractivity contribution < 1.29 is 14.1 Å². The highest BCUT2D eigenvalue weighted by molar-refractivity contribution is 6.62. The normalized spacial score (nSPS) is 26.4. The van der Waals surface area contributed by atoms with E-state index in [9.17, 15) is 4.79 Å². The Hall–Kier alpha value is -1.33. The van der Waals surface area contributed by atoms with Crippen molar-refractivity contribution in [3.63, 3.8) is 0 Å². The summed E-state index contributed by atoms with van der Waals surface area (Å²) in [5.41, 5.74) is 2.11. The molecule has 1 N–H and O–H groups in total. The highest BCUT2D eigenvalue weighted by Crippen LogP contribution is 2.36. The second kappa shape index (κ2) is 4.58. The Kier molecular flexibility index (Phi) is 3.19. The zero-order valence-corrected chi connectivity index (χ0v) is 13.3. The Morgan fingerprint density at radius 3 is 2.43 bits per heavy atom. The number of amides is 1. The smallest absolute Gasteiger partial charge is 0.399 e. The van der Waals surface area contributed by atoms with Crippen molar-refractivity contribution in [3.8, 4) is 0 Å². The molecule has 0 bridgehead atoms. The summed E-state index contributed by atoms with van der Waals surface area (Å²) in [6.07, 6.45) is 0.842. The van der Waals surface area contributed by atoms with Crippen molar-refractivity contribution in [3.05, 3.63) is 29.3 Å². The number of hydrogen-bond acceptors (Lipinski definition) is 3. The molecule has 2 heterocycles. The lowest BCUT2D eigenvalue weighted by molar-refractivity contribution is 0.00578. The molecule has 2 aliphatic heterocycles. The first-order valence-electron chi connectivity index (χ1n) is 7.49. The lowest BCUT2D eigenvalue weighted by atomic mass is 9.76. The average molecular weight is 287 g/mol. The van der Waals surface area contributed by atoms with E-state index in [1.807, 2.05) is 52.8 Å². The maximum atomic E-state index is 12.0. The Morgan fingerprint density at radius 1 is 1.19 bits per heavy atom. The van der Waals surface area contributed by atoms with Gasteiger partial charge in [-0.1, -0.05) is 12.1 Å². The maximum absolute atomic E-state index is 12.0. The van der Waals surface area contributed by atoms with E-state index < -0.39 is 0 Å². The van der Waals surface area contributed by atoms with Gasteiger partial charge >= 0.3 is 7.12 Å². The third kappa shape index (κ3) is 2.38. The predicted molar refractivity (Wildman–Crippen MR) is 82.8 cm³/mol. The monoisotopic (exact) mass is 287 g/mol. The van der Waals surface area contributed by atoms with Gasteiger partial charge in [-0.2, -0.15) is 0 Å². The van der Waals surface area contributed by atoms with Crippen molar-refractivity contribution in [2.75, 3.05) is 0 Å². The number of rotatable bonds is 1. The molecule has 0 radical (unpaired) electrons. The highest BCUT2D eigenvalue weighted by atomic mass is 16.7. The van der Waals surface area contributed by atoms with Gasteiger partial charge < -0.3 is 14.6 Å². The number of fused-ring (bicyclic) bond motifs is 1. The van der Waals surface area contributed by atoms with Crippen LogP contribution < -0.4 is 10.8 Å². The standard InChI is InChI=1S/C16H22BNO3/c1-10-8-11-9-12(6-7-13(11)14(19)18-10)17-20-15(2,3)16(4,5)21-17/h6-7,9-10H,8H2,1-5H3,(H,18,19). The van der Waals surface area contributed by atoms with Crippen LogP contribution in [0.4, 0.5) is 0 Å². The molecule has 1 amide bonds. The van der Waals surface area contributed by atoms with Crippen molar-refractivity contribution in [2.24, 2.45) is 0 Å². The third-order valence-corrected chi connectivity index (χ3v) is 4.80. The van der Waals surface area contributed by atoms with Gasteiger partial charge in [0.1, 0.15) is 0 Å². The molecule has 0 saturated carbocycles. The molecule has 4 nitrogen and oxygen atoms in total. The first-order valence-corrected chi connectivity index (χ1v) is 7.49. The van der Waals surface area contributed by atoms with Crippen molar-refractivity contribution in [1.82, 2.24) is 5.32 Å². The molecule has 0 aromatic heterocycles. The zero-order valence-electron chi connectivity index (χ0n) is 13.3. The van der Waals surface area contributed by atoms with Crippen LogP contribution in [0.25, 0.3) is 0 Å². The number of nitrogens with one attached hydrogen (secondary N) is 1. The molecule has 1 saturated heterocycles. The summed E-state index contributed by atoms with van der Waals surface area (Å²) in [5.74, 6) is 0.00391. The Bertz CT molecular complexity index is 581. The first-order chi connectivity index (χ1) is 9.69. The van der Waals surface area contributed by atoms with Gasteiger partial charge in [-0.15, -0.1) is 0 Å².